The van der Waals surface area contributed by atoms with Crippen molar-refractivity contribution in [1.82, 2.24) is 14.6 Å². The van der Waals surface area contributed by atoms with E-state index in [0.29, 0.717) is 5.82 Å². The highest BCUT2D eigenvalue weighted by atomic mass is 19.3. The van der Waals surface area contributed by atoms with Gasteiger partial charge in [-0.3, -0.25) is 0 Å². The SMILES string of the molecule is Cc1nc2ccc(N3CC(F)(F)C3)cn2n1. The van der Waals surface area contributed by atoms with Crippen LogP contribution in [0.1, 0.15) is 5.82 Å². The van der Waals surface area contributed by atoms with Crippen molar-refractivity contribution in [2.45, 2.75) is 12.8 Å². The Morgan fingerprint density at radius 2 is 2.06 bits per heavy atom. The minimum absolute atomic E-state index is 0.216. The first-order valence-corrected chi connectivity index (χ1v) is 4.99. The standard InChI is InChI=1S/C10H10F2N4/c1-7-13-9-3-2-8(4-16(9)14-7)15-5-10(11,12)6-15/h2-4H,5-6H2,1H3. The molecular formula is C10H10F2N4. The molecule has 0 radical (unpaired) electrons. The lowest BCUT2D eigenvalue weighted by atomic mass is 10.1. The van der Waals surface area contributed by atoms with Gasteiger partial charge in [-0.2, -0.15) is 5.10 Å². The summed E-state index contributed by atoms with van der Waals surface area (Å²) in [5.41, 5.74) is 1.48. The molecule has 16 heavy (non-hydrogen) atoms. The van der Waals surface area contributed by atoms with E-state index >= 15 is 0 Å². The minimum atomic E-state index is -2.55. The van der Waals surface area contributed by atoms with Gasteiger partial charge in [0.1, 0.15) is 5.82 Å². The maximum Gasteiger partial charge on any atom is 0.282 e. The Labute approximate surface area is 90.5 Å². The van der Waals surface area contributed by atoms with Crippen LogP contribution in [-0.4, -0.2) is 33.6 Å². The summed E-state index contributed by atoms with van der Waals surface area (Å²) in [7, 11) is 0. The largest absolute Gasteiger partial charge is 0.358 e. The summed E-state index contributed by atoms with van der Waals surface area (Å²) in [6.45, 7) is 1.36. The number of aryl methyl sites for hydroxylation is 1. The van der Waals surface area contributed by atoms with Crippen LogP contribution in [0.5, 0.6) is 0 Å². The van der Waals surface area contributed by atoms with Crippen LogP contribution < -0.4 is 4.90 Å². The highest BCUT2D eigenvalue weighted by Gasteiger charge is 2.44. The first-order chi connectivity index (χ1) is 7.53. The lowest BCUT2D eigenvalue weighted by molar-refractivity contribution is -0.0263. The number of fused-ring (bicyclic) bond motifs is 1. The Morgan fingerprint density at radius 3 is 2.75 bits per heavy atom. The van der Waals surface area contributed by atoms with Gasteiger partial charge in [0.15, 0.2) is 5.65 Å². The van der Waals surface area contributed by atoms with Crippen molar-refractivity contribution in [2.24, 2.45) is 0 Å². The molecule has 3 rings (SSSR count). The second-order valence-corrected chi connectivity index (χ2v) is 4.06. The van der Waals surface area contributed by atoms with Gasteiger partial charge in [0.2, 0.25) is 0 Å². The van der Waals surface area contributed by atoms with Crippen molar-refractivity contribution in [3.8, 4) is 0 Å². The van der Waals surface area contributed by atoms with Crippen molar-refractivity contribution in [3.63, 3.8) is 0 Å². The fraction of sp³-hybridized carbons (Fsp3) is 0.400. The first-order valence-electron chi connectivity index (χ1n) is 4.99. The minimum Gasteiger partial charge on any atom is -0.358 e. The number of pyridine rings is 1. The van der Waals surface area contributed by atoms with Crippen LogP contribution in [0, 0.1) is 6.92 Å². The molecule has 1 fully saturated rings. The molecule has 84 valence electrons. The predicted molar refractivity (Wildman–Crippen MR) is 54.9 cm³/mol. The monoisotopic (exact) mass is 224 g/mol. The maximum atomic E-state index is 12.7. The van der Waals surface area contributed by atoms with E-state index in [9.17, 15) is 8.78 Å². The van der Waals surface area contributed by atoms with Crippen LogP contribution in [-0.2, 0) is 0 Å². The molecule has 0 aromatic carbocycles. The van der Waals surface area contributed by atoms with Gasteiger partial charge in [-0.1, -0.05) is 0 Å². The van der Waals surface area contributed by atoms with Gasteiger partial charge < -0.3 is 4.90 Å². The van der Waals surface area contributed by atoms with E-state index in [1.807, 2.05) is 0 Å². The quantitative estimate of drug-likeness (QED) is 0.736. The Kier molecular flexibility index (Phi) is 1.72. The predicted octanol–water partition coefficient (Wildman–Crippen LogP) is 1.49. The van der Waals surface area contributed by atoms with Crippen molar-refractivity contribution in [2.75, 3.05) is 18.0 Å². The molecule has 0 aliphatic carbocycles. The van der Waals surface area contributed by atoms with Crippen molar-refractivity contribution < 1.29 is 8.78 Å². The van der Waals surface area contributed by atoms with Gasteiger partial charge in [0.05, 0.1) is 25.0 Å². The molecule has 0 atom stereocenters. The Hall–Kier alpha value is -1.72. The summed E-state index contributed by atoms with van der Waals surface area (Å²) in [6.07, 6.45) is 1.73. The van der Waals surface area contributed by atoms with Crippen LogP contribution >= 0.6 is 0 Å². The van der Waals surface area contributed by atoms with Crippen molar-refractivity contribution >= 4 is 11.3 Å². The molecule has 0 spiro atoms. The number of anilines is 1. The molecule has 6 heteroatoms. The average molecular weight is 224 g/mol. The summed E-state index contributed by atoms with van der Waals surface area (Å²) in [5, 5.41) is 4.14. The molecule has 0 amide bonds. The van der Waals surface area contributed by atoms with Crippen LogP contribution in [0.4, 0.5) is 14.5 Å². The van der Waals surface area contributed by atoms with E-state index in [2.05, 4.69) is 10.1 Å². The second kappa shape index (κ2) is 2.90. The summed E-state index contributed by atoms with van der Waals surface area (Å²) >= 11 is 0. The van der Waals surface area contributed by atoms with Crippen LogP contribution in [0.15, 0.2) is 18.3 Å². The summed E-state index contributed by atoms with van der Waals surface area (Å²) in [5.74, 6) is -1.88. The summed E-state index contributed by atoms with van der Waals surface area (Å²) in [6, 6.07) is 3.57. The van der Waals surface area contributed by atoms with Crippen LogP contribution in [0.25, 0.3) is 5.65 Å². The fourth-order valence-electron chi connectivity index (χ4n) is 1.87. The highest BCUT2D eigenvalue weighted by molar-refractivity contribution is 5.53. The number of alkyl halides is 2. The first kappa shape index (κ1) is 9.50. The van der Waals surface area contributed by atoms with E-state index in [1.54, 1.807) is 34.7 Å². The van der Waals surface area contributed by atoms with E-state index in [1.165, 1.54) is 0 Å². The Balaban J connectivity index is 1.94. The maximum absolute atomic E-state index is 12.7. The second-order valence-electron chi connectivity index (χ2n) is 4.06. The zero-order chi connectivity index (χ0) is 11.3. The van der Waals surface area contributed by atoms with Gasteiger partial charge in [-0.05, 0) is 19.1 Å². The number of hydrogen-bond acceptors (Lipinski definition) is 3. The normalized spacial score (nSPS) is 18.8. The third kappa shape index (κ3) is 1.41. The third-order valence-electron chi connectivity index (χ3n) is 2.63. The number of halogens is 2. The topological polar surface area (TPSA) is 33.4 Å². The van der Waals surface area contributed by atoms with Crippen LogP contribution in [0.3, 0.4) is 0 Å². The average Bonchev–Trinajstić information content (AvgIpc) is 2.52. The van der Waals surface area contributed by atoms with E-state index in [4.69, 9.17) is 0 Å². The van der Waals surface area contributed by atoms with Gasteiger partial charge in [0.25, 0.3) is 5.92 Å². The highest BCUT2D eigenvalue weighted by Crippen LogP contribution is 2.31. The molecule has 1 aliphatic heterocycles. The molecule has 4 nitrogen and oxygen atoms in total. The lowest BCUT2D eigenvalue weighted by Gasteiger charge is -2.40. The zero-order valence-corrected chi connectivity index (χ0v) is 8.69. The van der Waals surface area contributed by atoms with E-state index in [-0.39, 0.29) is 13.1 Å². The molecule has 0 N–H and O–H groups in total. The fourth-order valence-corrected chi connectivity index (χ4v) is 1.87. The number of hydrogen-bond donors (Lipinski definition) is 0. The Bertz CT molecular complexity index is 541. The van der Waals surface area contributed by atoms with E-state index in [0.717, 1.165) is 11.3 Å². The van der Waals surface area contributed by atoms with Gasteiger partial charge >= 0.3 is 0 Å². The van der Waals surface area contributed by atoms with Crippen molar-refractivity contribution in [3.05, 3.63) is 24.2 Å². The molecule has 1 aliphatic rings. The number of rotatable bonds is 1. The summed E-state index contributed by atoms with van der Waals surface area (Å²) < 4.78 is 27.0. The lowest BCUT2D eigenvalue weighted by Crippen LogP contribution is -2.56. The van der Waals surface area contributed by atoms with Gasteiger partial charge in [-0.15, -0.1) is 0 Å². The van der Waals surface area contributed by atoms with Crippen LogP contribution in [0.2, 0.25) is 0 Å². The number of nitrogens with zero attached hydrogens (tertiary/aromatic N) is 4. The molecule has 2 aromatic rings. The molecule has 2 aromatic heterocycles. The van der Waals surface area contributed by atoms with Gasteiger partial charge in [-0.25, -0.2) is 18.3 Å². The molecule has 3 heterocycles. The van der Waals surface area contributed by atoms with E-state index < -0.39 is 5.92 Å². The molecule has 0 unspecified atom stereocenters. The zero-order valence-electron chi connectivity index (χ0n) is 8.69. The third-order valence-corrected chi connectivity index (χ3v) is 2.63. The smallest absolute Gasteiger partial charge is 0.282 e. The Morgan fingerprint density at radius 1 is 1.31 bits per heavy atom. The molecule has 0 saturated carbocycles. The number of aromatic nitrogens is 3. The molecular weight excluding hydrogens is 214 g/mol. The molecule has 1 saturated heterocycles. The summed E-state index contributed by atoms with van der Waals surface area (Å²) in [4.78, 5) is 5.79. The van der Waals surface area contributed by atoms with Gasteiger partial charge in [0, 0.05) is 0 Å². The molecule has 0 bridgehead atoms. The van der Waals surface area contributed by atoms with Crippen molar-refractivity contribution in [1.29, 1.82) is 0 Å².